The van der Waals surface area contributed by atoms with Crippen molar-refractivity contribution in [3.8, 4) is 5.75 Å². The van der Waals surface area contributed by atoms with Crippen LogP contribution in [0, 0.1) is 0 Å². The highest BCUT2D eigenvalue weighted by Crippen LogP contribution is 2.15. The van der Waals surface area contributed by atoms with E-state index in [9.17, 15) is 14.7 Å². The Labute approximate surface area is 149 Å². The van der Waals surface area contributed by atoms with Gasteiger partial charge in [0.1, 0.15) is 11.9 Å². The topological polar surface area (TPSA) is 98.7 Å². The molecule has 140 valence electrons. The van der Waals surface area contributed by atoms with Gasteiger partial charge in [-0.05, 0) is 37.0 Å². The summed E-state index contributed by atoms with van der Waals surface area (Å²) in [6, 6.07) is 7.89. The van der Waals surface area contributed by atoms with Gasteiger partial charge in [-0.15, -0.1) is 0 Å². The zero-order valence-electron chi connectivity index (χ0n) is 14.8. The average Bonchev–Trinajstić information content (AvgIpc) is 2.59. The fraction of sp³-hybridized carbons (Fsp3) is 0.579. The Hall–Kier alpha value is -2.08. The Morgan fingerprint density at radius 2 is 2.04 bits per heavy atom. The Morgan fingerprint density at radius 3 is 2.76 bits per heavy atom. The molecule has 1 aromatic rings. The molecule has 1 amide bonds. The second-order valence-corrected chi connectivity index (χ2v) is 6.05. The molecule has 0 aliphatic rings. The lowest BCUT2D eigenvalue weighted by atomic mass is 10.1. The van der Waals surface area contributed by atoms with Crippen LogP contribution in [0.3, 0.4) is 0 Å². The number of carboxylic acids is 1. The lowest BCUT2D eigenvalue weighted by molar-refractivity contribution is -0.315. The van der Waals surface area contributed by atoms with Gasteiger partial charge in [-0.25, -0.2) is 0 Å². The molecule has 0 saturated heterocycles. The quantitative estimate of drug-likeness (QED) is 0.521. The van der Waals surface area contributed by atoms with Crippen molar-refractivity contribution < 1.29 is 24.5 Å². The minimum absolute atomic E-state index is 0.417. The fourth-order valence-corrected chi connectivity index (χ4v) is 2.36. The molecule has 6 nitrogen and oxygen atoms in total. The molecule has 2 N–H and O–H groups in total. The molecule has 0 heterocycles. The van der Waals surface area contributed by atoms with Gasteiger partial charge in [0.05, 0.1) is 19.0 Å². The molecule has 1 rings (SSSR count). The third kappa shape index (κ3) is 9.72. The molecule has 0 radical (unpaired) electrons. The van der Waals surface area contributed by atoms with Crippen molar-refractivity contribution in [3.05, 3.63) is 29.8 Å². The minimum Gasteiger partial charge on any atom is -0.547 e. The number of carbonyl (C=O) groups is 2. The van der Waals surface area contributed by atoms with Gasteiger partial charge in [-0.3, -0.25) is 4.79 Å². The summed E-state index contributed by atoms with van der Waals surface area (Å²) in [5.41, 5.74) is 1.12. The number of aliphatic hydroxyl groups is 1. The number of carbonyl (C=O) groups excluding carboxylic acids is 2. The number of hydrogen-bond acceptors (Lipinski definition) is 5. The summed E-state index contributed by atoms with van der Waals surface area (Å²) in [5, 5.41) is 22.0. The normalized spacial score (nSPS) is 11.8. The highest BCUT2D eigenvalue weighted by molar-refractivity contribution is 5.82. The summed E-state index contributed by atoms with van der Waals surface area (Å²) in [6.45, 7) is 3.32. The molecule has 1 atom stereocenters. The van der Waals surface area contributed by atoms with Gasteiger partial charge in [0.2, 0.25) is 5.91 Å². The predicted octanol–water partition coefficient (Wildman–Crippen LogP) is 1.20. The fourth-order valence-electron chi connectivity index (χ4n) is 2.36. The maximum Gasteiger partial charge on any atom is 0.223 e. The molecule has 6 heteroatoms. The molecular weight excluding hydrogens is 322 g/mol. The van der Waals surface area contributed by atoms with E-state index in [1.165, 1.54) is 19.3 Å². The molecule has 0 spiro atoms. The third-order valence-electron chi connectivity index (χ3n) is 3.78. The van der Waals surface area contributed by atoms with Crippen LogP contribution in [0.1, 0.15) is 51.0 Å². The molecule has 1 aromatic carbocycles. The molecule has 1 unspecified atom stereocenters. The van der Waals surface area contributed by atoms with E-state index in [0.717, 1.165) is 30.8 Å². The van der Waals surface area contributed by atoms with Crippen LogP contribution in [0.4, 0.5) is 0 Å². The number of unbranched alkanes of at least 4 members (excludes halogenated alkanes) is 3. The van der Waals surface area contributed by atoms with Crippen LogP contribution in [0.25, 0.3) is 0 Å². The summed E-state index contributed by atoms with van der Waals surface area (Å²) in [5.74, 6) is -1.28. The first-order valence-corrected chi connectivity index (χ1v) is 8.90. The summed E-state index contributed by atoms with van der Waals surface area (Å²) in [4.78, 5) is 21.8. The maximum atomic E-state index is 11.4. The van der Waals surface area contributed by atoms with Crippen LogP contribution >= 0.6 is 0 Å². The zero-order chi connectivity index (χ0) is 18.5. The summed E-state index contributed by atoms with van der Waals surface area (Å²) >= 11 is 0. The monoisotopic (exact) mass is 350 g/mol. The van der Waals surface area contributed by atoms with Crippen molar-refractivity contribution in [1.82, 2.24) is 5.32 Å². The molecular formula is C19H28NO5-. The molecule has 25 heavy (non-hydrogen) atoms. The molecule has 0 aromatic heterocycles. The van der Waals surface area contributed by atoms with Crippen molar-refractivity contribution in [1.29, 1.82) is 0 Å². The Bertz CT molecular complexity index is 532. The molecule has 0 saturated carbocycles. The first-order chi connectivity index (χ1) is 12.0. The van der Waals surface area contributed by atoms with Crippen LogP contribution in [-0.4, -0.2) is 36.2 Å². The standard InChI is InChI=1S/C19H29NO5/c1-2-3-4-5-12-25-16-10-6-8-15(13-16)9-7-11-20-18(22)14-17(21)19(23)24/h6,8,10,13,17,21H,2-5,7,9,11-12,14H2,1H3,(H,20,22)(H,23,24)/p-1. The van der Waals surface area contributed by atoms with E-state index in [2.05, 4.69) is 12.2 Å². The lowest BCUT2D eigenvalue weighted by Gasteiger charge is -2.11. The number of aryl methyl sites for hydroxylation is 1. The van der Waals surface area contributed by atoms with Crippen molar-refractivity contribution in [3.63, 3.8) is 0 Å². The Balaban J connectivity index is 2.23. The SMILES string of the molecule is CCCCCCOc1cccc(CCCNC(=O)CC(O)C(=O)[O-])c1. The minimum atomic E-state index is -1.76. The van der Waals surface area contributed by atoms with Crippen LogP contribution in [-0.2, 0) is 16.0 Å². The van der Waals surface area contributed by atoms with Gasteiger partial charge < -0.3 is 25.1 Å². The van der Waals surface area contributed by atoms with Crippen LogP contribution in [0.5, 0.6) is 5.75 Å². The van der Waals surface area contributed by atoms with E-state index in [1.807, 2.05) is 24.3 Å². The predicted molar refractivity (Wildman–Crippen MR) is 93.0 cm³/mol. The number of rotatable bonds is 13. The average molecular weight is 350 g/mol. The number of benzene rings is 1. The smallest absolute Gasteiger partial charge is 0.223 e. The Kier molecular flexibility index (Phi) is 10.3. The second-order valence-electron chi connectivity index (χ2n) is 6.05. The lowest BCUT2D eigenvalue weighted by Crippen LogP contribution is -2.39. The van der Waals surface area contributed by atoms with E-state index in [0.29, 0.717) is 13.0 Å². The number of carboxylic acid groups (broad SMARTS) is 1. The van der Waals surface area contributed by atoms with E-state index < -0.39 is 24.4 Å². The van der Waals surface area contributed by atoms with Gasteiger partial charge in [0.15, 0.2) is 0 Å². The number of aliphatic hydroxyl groups excluding tert-OH is 1. The largest absolute Gasteiger partial charge is 0.547 e. The first-order valence-electron chi connectivity index (χ1n) is 8.90. The highest BCUT2D eigenvalue weighted by Gasteiger charge is 2.10. The van der Waals surface area contributed by atoms with Crippen molar-refractivity contribution in [2.75, 3.05) is 13.2 Å². The van der Waals surface area contributed by atoms with E-state index in [-0.39, 0.29) is 0 Å². The maximum absolute atomic E-state index is 11.4. The van der Waals surface area contributed by atoms with Crippen molar-refractivity contribution in [2.24, 2.45) is 0 Å². The number of hydrogen-bond donors (Lipinski definition) is 2. The third-order valence-corrected chi connectivity index (χ3v) is 3.78. The van der Waals surface area contributed by atoms with Gasteiger partial charge >= 0.3 is 0 Å². The Morgan fingerprint density at radius 1 is 1.24 bits per heavy atom. The van der Waals surface area contributed by atoms with E-state index >= 15 is 0 Å². The van der Waals surface area contributed by atoms with Crippen molar-refractivity contribution in [2.45, 2.75) is 58.0 Å². The summed E-state index contributed by atoms with van der Waals surface area (Å²) < 4.78 is 5.74. The highest BCUT2D eigenvalue weighted by atomic mass is 16.5. The molecule has 0 fully saturated rings. The van der Waals surface area contributed by atoms with Gasteiger partial charge in [-0.1, -0.05) is 38.3 Å². The van der Waals surface area contributed by atoms with Gasteiger partial charge in [0.25, 0.3) is 0 Å². The van der Waals surface area contributed by atoms with Crippen LogP contribution in [0.15, 0.2) is 24.3 Å². The second kappa shape index (κ2) is 12.3. The van der Waals surface area contributed by atoms with Crippen molar-refractivity contribution >= 4 is 11.9 Å². The first kappa shape index (κ1) is 21.0. The van der Waals surface area contributed by atoms with Gasteiger partial charge in [-0.2, -0.15) is 0 Å². The number of aliphatic carboxylic acids is 1. The van der Waals surface area contributed by atoms with Gasteiger partial charge in [0, 0.05) is 6.54 Å². The van der Waals surface area contributed by atoms with E-state index in [1.54, 1.807) is 0 Å². The zero-order valence-corrected chi connectivity index (χ0v) is 14.8. The molecule has 0 aliphatic heterocycles. The van der Waals surface area contributed by atoms with Crippen LogP contribution in [0.2, 0.25) is 0 Å². The van der Waals surface area contributed by atoms with Crippen LogP contribution < -0.4 is 15.2 Å². The number of ether oxygens (including phenoxy) is 1. The molecule has 0 bridgehead atoms. The number of nitrogens with one attached hydrogen (secondary N) is 1. The summed E-state index contributed by atoms with van der Waals surface area (Å²) in [6.07, 6.45) is 3.93. The van der Waals surface area contributed by atoms with E-state index in [4.69, 9.17) is 9.84 Å². The molecule has 0 aliphatic carbocycles. The summed E-state index contributed by atoms with van der Waals surface area (Å²) in [7, 11) is 0. The number of amides is 1.